The minimum absolute atomic E-state index is 0.668. The first-order valence-electron chi connectivity index (χ1n) is 5.49. The summed E-state index contributed by atoms with van der Waals surface area (Å²) in [7, 11) is 0. The summed E-state index contributed by atoms with van der Waals surface area (Å²) < 4.78 is 5.35. The molecule has 3 heteroatoms. The zero-order valence-corrected chi connectivity index (χ0v) is 9.63. The van der Waals surface area contributed by atoms with Crippen LogP contribution in [0.3, 0.4) is 0 Å². The molecule has 0 fully saturated rings. The van der Waals surface area contributed by atoms with Crippen molar-refractivity contribution in [1.29, 1.82) is 0 Å². The quantitative estimate of drug-likeness (QED) is 0.714. The molecule has 0 amide bonds. The molecule has 0 aliphatic rings. The van der Waals surface area contributed by atoms with Gasteiger partial charge in [-0.25, -0.2) is 0 Å². The highest BCUT2D eigenvalue weighted by molar-refractivity contribution is 5.42. The van der Waals surface area contributed by atoms with Gasteiger partial charge in [0.2, 0.25) is 0 Å². The van der Waals surface area contributed by atoms with Gasteiger partial charge in [0, 0.05) is 0 Å². The fourth-order valence-electron chi connectivity index (χ4n) is 1.34. The van der Waals surface area contributed by atoms with E-state index in [0.717, 1.165) is 17.1 Å². The average Bonchev–Trinajstić information content (AvgIpc) is 2.40. The first-order valence-corrected chi connectivity index (χ1v) is 5.49. The second kappa shape index (κ2) is 5.80. The average molecular weight is 225 g/mol. The number of hydrogen-bond acceptors (Lipinski definition) is 3. The molecule has 0 spiro atoms. The van der Waals surface area contributed by atoms with Crippen LogP contribution < -0.4 is 4.74 Å². The lowest BCUT2D eigenvalue weighted by Gasteiger charge is -2.01. The Morgan fingerprint density at radius 1 is 0.941 bits per heavy atom. The largest absolute Gasteiger partial charge is 0.494 e. The standard InChI is InChI=1S/C14H13N2O/c1-2-17-14-10-8-13(9-11-14)16-15-12-6-4-3-5-7-12/h4-11H,2H2,1H3. The van der Waals surface area contributed by atoms with Crippen LogP contribution in [0.25, 0.3) is 0 Å². The van der Waals surface area contributed by atoms with E-state index in [4.69, 9.17) is 4.74 Å². The van der Waals surface area contributed by atoms with E-state index < -0.39 is 0 Å². The van der Waals surface area contributed by atoms with Crippen LogP contribution in [0, 0.1) is 6.07 Å². The Morgan fingerprint density at radius 2 is 1.53 bits per heavy atom. The van der Waals surface area contributed by atoms with Crippen LogP contribution in [0.2, 0.25) is 0 Å². The molecule has 2 rings (SSSR count). The second-order valence-electron chi connectivity index (χ2n) is 3.39. The molecule has 0 aliphatic heterocycles. The molecular weight excluding hydrogens is 212 g/mol. The zero-order chi connectivity index (χ0) is 11.9. The van der Waals surface area contributed by atoms with Crippen LogP contribution in [0.1, 0.15) is 6.92 Å². The van der Waals surface area contributed by atoms with E-state index in [9.17, 15) is 0 Å². The van der Waals surface area contributed by atoms with Gasteiger partial charge in [0.05, 0.1) is 18.0 Å². The summed E-state index contributed by atoms with van der Waals surface area (Å²) >= 11 is 0. The Bertz CT molecular complexity index is 477. The van der Waals surface area contributed by atoms with Gasteiger partial charge in [-0.05, 0) is 49.4 Å². The third-order valence-electron chi connectivity index (χ3n) is 2.13. The SMILES string of the molecule is CCOc1ccc(N=Nc2cc[c]cc2)cc1. The van der Waals surface area contributed by atoms with Gasteiger partial charge in [0.25, 0.3) is 0 Å². The predicted octanol–water partition coefficient (Wildman–Crippen LogP) is 4.30. The van der Waals surface area contributed by atoms with Gasteiger partial charge >= 0.3 is 0 Å². The molecule has 0 heterocycles. The van der Waals surface area contributed by atoms with Crippen molar-refractivity contribution in [1.82, 2.24) is 0 Å². The van der Waals surface area contributed by atoms with Crippen LogP contribution in [0.15, 0.2) is 58.8 Å². The van der Waals surface area contributed by atoms with Gasteiger partial charge in [0.15, 0.2) is 0 Å². The number of azo groups is 1. The van der Waals surface area contributed by atoms with Crippen molar-refractivity contribution in [2.75, 3.05) is 6.61 Å². The van der Waals surface area contributed by atoms with E-state index in [0.29, 0.717) is 6.61 Å². The Hall–Kier alpha value is -2.16. The molecule has 0 unspecified atom stereocenters. The summed E-state index contributed by atoms with van der Waals surface area (Å²) in [5, 5.41) is 8.25. The minimum atomic E-state index is 0.668. The monoisotopic (exact) mass is 225 g/mol. The second-order valence-corrected chi connectivity index (χ2v) is 3.39. The van der Waals surface area contributed by atoms with Crippen molar-refractivity contribution >= 4 is 11.4 Å². The molecule has 2 aromatic rings. The molecule has 3 nitrogen and oxygen atoms in total. The maximum Gasteiger partial charge on any atom is 0.119 e. The number of ether oxygens (including phenoxy) is 1. The molecule has 17 heavy (non-hydrogen) atoms. The first kappa shape index (κ1) is 11.3. The lowest BCUT2D eigenvalue weighted by atomic mass is 10.3. The molecule has 2 aromatic carbocycles. The molecule has 0 aliphatic carbocycles. The summed E-state index contributed by atoms with van der Waals surface area (Å²) in [6.07, 6.45) is 0. The third-order valence-corrected chi connectivity index (χ3v) is 2.13. The Morgan fingerprint density at radius 3 is 2.12 bits per heavy atom. The van der Waals surface area contributed by atoms with Gasteiger partial charge in [-0.2, -0.15) is 10.2 Å². The van der Waals surface area contributed by atoms with Gasteiger partial charge in [-0.1, -0.05) is 12.1 Å². The van der Waals surface area contributed by atoms with Crippen LogP contribution >= 0.6 is 0 Å². The van der Waals surface area contributed by atoms with E-state index >= 15 is 0 Å². The normalized spacial score (nSPS) is 10.6. The van der Waals surface area contributed by atoms with Crippen molar-refractivity contribution in [3.05, 3.63) is 54.6 Å². The predicted molar refractivity (Wildman–Crippen MR) is 67.1 cm³/mol. The van der Waals surface area contributed by atoms with Crippen LogP contribution in [0.4, 0.5) is 11.4 Å². The van der Waals surface area contributed by atoms with Gasteiger partial charge in [0.1, 0.15) is 5.75 Å². The van der Waals surface area contributed by atoms with Crippen LogP contribution in [0.5, 0.6) is 5.75 Å². The zero-order valence-electron chi connectivity index (χ0n) is 9.63. The number of hydrogen-bond donors (Lipinski definition) is 0. The van der Waals surface area contributed by atoms with Crippen LogP contribution in [-0.4, -0.2) is 6.61 Å². The highest BCUT2D eigenvalue weighted by Crippen LogP contribution is 2.20. The summed E-state index contributed by atoms with van der Waals surface area (Å²) in [4.78, 5) is 0. The van der Waals surface area contributed by atoms with E-state index in [1.807, 2.05) is 55.5 Å². The van der Waals surface area contributed by atoms with E-state index in [-0.39, 0.29) is 0 Å². The van der Waals surface area contributed by atoms with E-state index in [1.54, 1.807) is 0 Å². The molecule has 0 saturated carbocycles. The lowest BCUT2D eigenvalue weighted by Crippen LogP contribution is -1.89. The maximum atomic E-state index is 5.35. The topological polar surface area (TPSA) is 34.0 Å². The smallest absolute Gasteiger partial charge is 0.119 e. The van der Waals surface area contributed by atoms with Gasteiger partial charge in [-0.15, -0.1) is 0 Å². The third kappa shape index (κ3) is 3.41. The summed E-state index contributed by atoms with van der Waals surface area (Å²) in [5.41, 5.74) is 1.62. The highest BCUT2D eigenvalue weighted by atomic mass is 16.5. The lowest BCUT2D eigenvalue weighted by molar-refractivity contribution is 0.340. The van der Waals surface area contributed by atoms with Crippen molar-refractivity contribution in [2.45, 2.75) is 6.92 Å². The first-order chi connectivity index (χ1) is 8.38. The molecule has 0 saturated heterocycles. The number of benzene rings is 2. The summed E-state index contributed by atoms with van der Waals surface area (Å²) in [5.74, 6) is 0.848. The molecule has 1 radical (unpaired) electrons. The van der Waals surface area contributed by atoms with Crippen molar-refractivity contribution in [3.63, 3.8) is 0 Å². The Labute approximate surface area is 101 Å². The molecule has 0 aromatic heterocycles. The molecule has 85 valence electrons. The van der Waals surface area contributed by atoms with E-state index in [1.165, 1.54) is 0 Å². The molecular formula is C14H13N2O. The number of nitrogens with zero attached hydrogens (tertiary/aromatic N) is 2. The fourth-order valence-corrected chi connectivity index (χ4v) is 1.34. The maximum absolute atomic E-state index is 5.35. The molecule has 0 N–H and O–H groups in total. The van der Waals surface area contributed by atoms with Crippen molar-refractivity contribution in [3.8, 4) is 5.75 Å². The van der Waals surface area contributed by atoms with Crippen molar-refractivity contribution in [2.24, 2.45) is 10.2 Å². The fraction of sp³-hybridized carbons (Fsp3) is 0.143. The van der Waals surface area contributed by atoms with Gasteiger partial charge < -0.3 is 4.74 Å². The van der Waals surface area contributed by atoms with E-state index in [2.05, 4.69) is 16.3 Å². The molecule has 0 atom stereocenters. The minimum Gasteiger partial charge on any atom is -0.494 e. The highest BCUT2D eigenvalue weighted by Gasteiger charge is 1.93. The summed E-state index contributed by atoms with van der Waals surface area (Å²) in [6, 6.07) is 17.8. The Balaban J connectivity index is 2.06. The van der Waals surface area contributed by atoms with Crippen LogP contribution in [-0.2, 0) is 0 Å². The van der Waals surface area contributed by atoms with Gasteiger partial charge in [-0.3, -0.25) is 0 Å². The summed E-state index contributed by atoms with van der Waals surface area (Å²) in [6.45, 7) is 2.63. The molecule has 0 bridgehead atoms. The number of rotatable bonds is 4. The van der Waals surface area contributed by atoms with Crippen molar-refractivity contribution < 1.29 is 4.74 Å². The Kier molecular flexibility index (Phi) is 3.86.